The maximum atomic E-state index is 14.3. The molecule has 0 aromatic heterocycles. The molecule has 0 radical (unpaired) electrons. The predicted octanol–water partition coefficient (Wildman–Crippen LogP) is 4.61. The van der Waals surface area contributed by atoms with E-state index >= 15 is 0 Å². The van der Waals surface area contributed by atoms with Gasteiger partial charge in [-0.25, -0.2) is 8.78 Å². The van der Waals surface area contributed by atoms with Gasteiger partial charge in [0.05, 0.1) is 13.7 Å². The molecule has 1 saturated heterocycles. The van der Waals surface area contributed by atoms with Gasteiger partial charge in [-0.15, -0.1) is 0 Å². The van der Waals surface area contributed by atoms with E-state index in [-0.39, 0.29) is 17.5 Å². The van der Waals surface area contributed by atoms with Crippen LogP contribution in [0.4, 0.5) is 8.78 Å². The van der Waals surface area contributed by atoms with Crippen LogP contribution >= 0.6 is 0 Å². The van der Waals surface area contributed by atoms with E-state index in [0.717, 1.165) is 50.5 Å². The first-order chi connectivity index (χ1) is 15.0. The number of hydrogen-bond donors (Lipinski definition) is 0. The zero-order valence-corrected chi connectivity index (χ0v) is 18.4. The van der Waals surface area contributed by atoms with Gasteiger partial charge in [-0.1, -0.05) is 12.1 Å². The minimum absolute atomic E-state index is 0.113. The largest absolute Gasteiger partial charge is 0.494 e. The zero-order chi connectivity index (χ0) is 21.8. The molecule has 0 N–H and O–H groups in total. The Kier molecular flexibility index (Phi) is 7.08. The van der Waals surface area contributed by atoms with Crippen molar-refractivity contribution in [3.05, 3.63) is 58.9 Å². The van der Waals surface area contributed by atoms with E-state index in [1.54, 1.807) is 12.1 Å². The van der Waals surface area contributed by atoms with Gasteiger partial charge >= 0.3 is 0 Å². The fourth-order valence-electron chi connectivity index (χ4n) is 4.70. The summed E-state index contributed by atoms with van der Waals surface area (Å²) in [6.07, 6.45) is 1.61. The highest BCUT2D eigenvalue weighted by molar-refractivity contribution is 5.45. The summed E-state index contributed by atoms with van der Waals surface area (Å²) in [5, 5.41) is 0. The molecule has 1 atom stereocenters. The van der Waals surface area contributed by atoms with Crippen LogP contribution in [0.5, 0.6) is 11.5 Å². The summed E-state index contributed by atoms with van der Waals surface area (Å²) in [7, 11) is 3.57. The van der Waals surface area contributed by atoms with E-state index in [0.29, 0.717) is 19.4 Å². The van der Waals surface area contributed by atoms with Crippen LogP contribution in [0.25, 0.3) is 0 Å². The third-order valence-corrected chi connectivity index (χ3v) is 6.41. The second kappa shape index (κ2) is 9.96. The summed E-state index contributed by atoms with van der Waals surface area (Å²) < 4.78 is 38.6. The first-order valence-corrected chi connectivity index (χ1v) is 11.2. The Bertz CT molecular complexity index is 884. The van der Waals surface area contributed by atoms with E-state index in [2.05, 4.69) is 29.0 Å². The van der Waals surface area contributed by atoms with Crippen molar-refractivity contribution >= 4 is 0 Å². The van der Waals surface area contributed by atoms with Gasteiger partial charge in [-0.2, -0.15) is 0 Å². The molecule has 0 amide bonds. The Morgan fingerprint density at radius 3 is 2.65 bits per heavy atom. The molecule has 2 aromatic carbocycles. The second-order valence-electron chi connectivity index (χ2n) is 8.72. The molecule has 2 aromatic rings. The molecule has 0 bridgehead atoms. The fourth-order valence-corrected chi connectivity index (χ4v) is 4.70. The number of nitrogens with zero attached hydrogens (tertiary/aromatic N) is 2. The lowest BCUT2D eigenvalue weighted by Gasteiger charge is -2.33. The van der Waals surface area contributed by atoms with Crippen LogP contribution < -0.4 is 9.47 Å². The Balaban J connectivity index is 1.39. The van der Waals surface area contributed by atoms with E-state index in [1.165, 1.54) is 18.2 Å². The predicted molar refractivity (Wildman–Crippen MR) is 118 cm³/mol. The first-order valence-electron chi connectivity index (χ1n) is 11.2. The van der Waals surface area contributed by atoms with Crippen molar-refractivity contribution < 1.29 is 18.3 Å². The lowest BCUT2D eigenvalue weighted by molar-refractivity contribution is 0.143. The average molecular weight is 431 g/mol. The van der Waals surface area contributed by atoms with Crippen molar-refractivity contribution in [1.82, 2.24) is 9.80 Å². The number of piperidine rings is 1. The lowest BCUT2D eigenvalue weighted by atomic mass is 9.84. The molecule has 31 heavy (non-hydrogen) atoms. The van der Waals surface area contributed by atoms with Crippen molar-refractivity contribution in [2.24, 2.45) is 0 Å². The van der Waals surface area contributed by atoms with Crippen LogP contribution in [0.2, 0.25) is 0 Å². The molecule has 168 valence electrons. The summed E-state index contributed by atoms with van der Waals surface area (Å²) in [6, 6.07) is 11.5. The molecular weight excluding hydrogens is 398 g/mol. The number of methoxy groups -OCH3 is 1. The smallest absolute Gasteiger partial charge is 0.165 e. The molecule has 0 spiro atoms. The summed E-state index contributed by atoms with van der Waals surface area (Å²) >= 11 is 0. The minimum atomic E-state index is -0.626. The Hall–Kier alpha value is -2.18. The number of benzene rings is 2. The van der Waals surface area contributed by atoms with E-state index in [1.807, 2.05) is 12.1 Å². The van der Waals surface area contributed by atoms with Crippen molar-refractivity contribution in [3.63, 3.8) is 0 Å². The zero-order valence-electron chi connectivity index (χ0n) is 18.4. The summed E-state index contributed by atoms with van der Waals surface area (Å²) in [5.74, 6) is 0.925. The lowest BCUT2D eigenvalue weighted by Crippen LogP contribution is -2.35. The van der Waals surface area contributed by atoms with Crippen molar-refractivity contribution in [1.29, 1.82) is 0 Å². The molecule has 2 aliphatic heterocycles. The Morgan fingerprint density at radius 1 is 1.10 bits per heavy atom. The van der Waals surface area contributed by atoms with E-state index in [4.69, 9.17) is 9.47 Å². The maximum absolute atomic E-state index is 14.3. The number of hydrogen-bond acceptors (Lipinski definition) is 4. The molecular formula is C25H32F2N2O2. The van der Waals surface area contributed by atoms with Crippen molar-refractivity contribution in [2.75, 3.05) is 46.9 Å². The van der Waals surface area contributed by atoms with Gasteiger partial charge in [-0.05, 0) is 67.3 Å². The van der Waals surface area contributed by atoms with Crippen molar-refractivity contribution in [3.8, 4) is 11.5 Å². The SMILES string of the molecule is COc1ccc(C2CN(C)Cc3cc(OCCCN4CCC(F)CC4)ccc32)cc1F. The maximum Gasteiger partial charge on any atom is 0.165 e. The quantitative estimate of drug-likeness (QED) is 0.599. The molecule has 0 saturated carbocycles. The van der Waals surface area contributed by atoms with Gasteiger partial charge < -0.3 is 19.3 Å². The summed E-state index contributed by atoms with van der Waals surface area (Å²) in [5.41, 5.74) is 3.40. The van der Waals surface area contributed by atoms with E-state index in [9.17, 15) is 8.78 Å². The van der Waals surface area contributed by atoms with Gasteiger partial charge in [-0.3, -0.25) is 0 Å². The monoisotopic (exact) mass is 430 g/mol. The topological polar surface area (TPSA) is 24.9 Å². The fraction of sp³-hybridized carbons (Fsp3) is 0.520. The molecule has 2 heterocycles. The van der Waals surface area contributed by atoms with Crippen molar-refractivity contribution in [2.45, 2.75) is 37.9 Å². The first kappa shape index (κ1) is 22.0. The number of alkyl halides is 1. The normalized spacial score (nSPS) is 20.5. The molecule has 1 fully saturated rings. The molecule has 6 heteroatoms. The van der Waals surface area contributed by atoms with Crippen LogP contribution in [0.1, 0.15) is 41.9 Å². The third-order valence-electron chi connectivity index (χ3n) is 6.41. The number of rotatable bonds is 7. The number of likely N-dealkylation sites (N-methyl/N-ethyl adjacent to an activating group) is 1. The highest BCUT2D eigenvalue weighted by atomic mass is 19.1. The number of likely N-dealkylation sites (tertiary alicyclic amines) is 1. The average Bonchev–Trinajstić information content (AvgIpc) is 2.77. The number of halogens is 2. The number of fused-ring (bicyclic) bond motifs is 1. The van der Waals surface area contributed by atoms with Crippen LogP contribution in [-0.2, 0) is 6.54 Å². The number of ether oxygens (including phenoxy) is 2. The van der Waals surface area contributed by atoms with Gasteiger partial charge in [0.25, 0.3) is 0 Å². The standard InChI is InChI=1S/C25H32F2N2O2/c1-28-16-19-14-21(31-13-3-10-29-11-8-20(26)9-12-29)5-6-22(19)23(17-28)18-4-7-25(30-2)24(27)15-18/h4-7,14-15,20,23H,3,8-13,16-17H2,1-2H3. The second-order valence-corrected chi connectivity index (χ2v) is 8.72. The molecule has 1 unspecified atom stereocenters. The molecule has 0 aliphatic carbocycles. The van der Waals surface area contributed by atoms with Gasteiger partial charge in [0.1, 0.15) is 11.9 Å². The molecule has 2 aliphatic rings. The molecule has 4 nitrogen and oxygen atoms in total. The van der Waals surface area contributed by atoms with Gasteiger partial charge in [0, 0.05) is 38.6 Å². The molecule has 4 rings (SSSR count). The Morgan fingerprint density at radius 2 is 1.90 bits per heavy atom. The minimum Gasteiger partial charge on any atom is -0.494 e. The van der Waals surface area contributed by atoms with Gasteiger partial charge in [0.15, 0.2) is 11.6 Å². The Labute approximate surface area is 183 Å². The van der Waals surface area contributed by atoms with Crippen LogP contribution in [0.15, 0.2) is 36.4 Å². The highest BCUT2D eigenvalue weighted by Crippen LogP contribution is 2.36. The summed E-state index contributed by atoms with van der Waals surface area (Å²) in [6.45, 7) is 4.98. The van der Waals surface area contributed by atoms with Crippen LogP contribution in [-0.4, -0.2) is 62.9 Å². The van der Waals surface area contributed by atoms with E-state index < -0.39 is 6.17 Å². The van der Waals surface area contributed by atoms with Crippen LogP contribution in [0, 0.1) is 5.82 Å². The highest BCUT2D eigenvalue weighted by Gasteiger charge is 2.26. The van der Waals surface area contributed by atoms with Gasteiger partial charge in [0.2, 0.25) is 0 Å². The third kappa shape index (κ3) is 5.36. The summed E-state index contributed by atoms with van der Waals surface area (Å²) in [4.78, 5) is 4.58. The van der Waals surface area contributed by atoms with Crippen LogP contribution in [0.3, 0.4) is 0 Å².